The summed E-state index contributed by atoms with van der Waals surface area (Å²) < 4.78 is 5.51. The lowest BCUT2D eigenvalue weighted by atomic mass is 9.95. The van der Waals surface area contributed by atoms with Crippen molar-refractivity contribution in [2.24, 2.45) is 5.92 Å². The van der Waals surface area contributed by atoms with Gasteiger partial charge in [-0.3, -0.25) is 4.79 Å². The van der Waals surface area contributed by atoms with Gasteiger partial charge >= 0.3 is 0 Å². The van der Waals surface area contributed by atoms with Crippen molar-refractivity contribution < 1.29 is 14.5 Å². The van der Waals surface area contributed by atoms with Crippen molar-refractivity contribution in [2.45, 2.75) is 31.8 Å². The highest BCUT2D eigenvalue weighted by Gasteiger charge is 2.29. The Labute approximate surface area is 165 Å². The van der Waals surface area contributed by atoms with Gasteiger partial charge in [0.25, 0.3) is 0 Å². The molecule has 0 aliphatic carbocycles. The lowest BCUT2D eigenvalue weighted by Gasteiger charge is -2.25. The minimum Gasteiger partial charge on any atom is -0.481 e. The average Bonchev–Trinajstić information content (AvgIpc) is 3.20. The number of nitrogens with one attached hydrogen (secondary N) is 2. The van der Waals surface area contributed by atoms with Gasteiger partial charge in [-0.2, -0.15) is 0 Å². The third-order valence-electron chi connectivity index (χ3n) is 5.68. The molecule has 0 saturated carbocycles. The molecule has 146 valence electrons. The summed E-state index contributed by atoms with van der Waals surface area (Å²) in [6.07, 6.45) is 4.45. The predicted molar refractivity (Wildman–Crippen MR) is 109 cm³/mol. The number of ether oxygens (including phenoxy) is 1. The van der Waals surface area contributed by atoms with E-state index in [1.165, 1.54) is 5.56 Å². The molecule has 2 aliphatic rings. The van der Waals surface area contributed by atoms with E-state index in [0.717, 1.165) is 29.9 Å². The first-order chi connectivity index (χ1) is 13.7. The second-order valence-corrected chi connectivity index (χ2v) is 7.42. The van der Waals surface area contributed by atoms with Crippen LogP contribution in [-0.4, -0.2) is 37.8 Å². The fraction of sp³-hybridized carbons (Fsp3) is 0.409. The van der Waals surface area contributed by atoms with Crippen molar-refractivity contribution in [3.05, 3.63) is 53.2 Å². The Morgan fingerprint density at radius 2 is 2.14 bits per heavy atom. The van der Waals surface area contributed by atoms with Gasteiger partial charge in [0.1, 0.15) is 6.21 Å². The summed E-state index contributed by atoms with van der Waals surface area (Å²) in [5.41, 5.74) is 4.09. The van der Waals surface area contributed by atoms with Crippen LogP contribution in [0.3, 0.4) is 0 Å². The van der Waals surface area contributed by atoms with Crippen molar-refractivity contribution in [3.63, 3.8) is 0 Å². The lowest BCUT2D eigenvalue weighted by molar-refractivity contribution is -0.472. The first-order valence-corrected chi connectivity index (χ1v) is 9.85. The van der Waals surface area contributed by atoms with E-state index in [4.69, 9.17) is 4.74 Å². The van der Waals surface area contributed by atoms with E-state index < -0.39 is 0 Å². The first-order valence-electron chi connectivity index (χ1n) is 9.85. The largest absolute Gasteiger partial charge is 0.481 e. The Morgan fingerprint density at radius 1 is 1.32 bits per heavy atom. The molecule has 6 heteroatoms. The molecule has 4 rings (SSSR count). The van der Waals surface area contributed by atoms with Crippen LogP contribution in [0.1, 0.15) is 35.7 Å². The van der Waals surface area contributed by atoms with Crippen LogP contribution in [0.25, 0.3) is 0 Å². The van der Waals surface area contributed by atoms with Crippen LogP contribution < -0.4 is 19.9 Å². The summed E-state index contributed by atoms with van der Waals surface area (Å²) in [6.45, 7) is 1.63. The summed E-state index contributed by atoms with van der Waals surface area (Å²) in [5.74, 6) is 1.18. The van der Waals surface area contributed by atoms with Crippen molar-refractivity contribution in [1.29, 1.82) is 0 Å². The smallest absolute Gasteiger partial charge is 0.227 e. The van der Waals surface area contributed by atoms with Crippen LogP contribution in [0.5, 0.6) is 5.88 Å². The molecule has 2 aliphatic heterocycles. The van der Waals surface area contributed by atoms with Crippen molar-refractivity contribution in [2.75, 3.05) is 25.6 Å². The zero-order chi connectivity index (χ0) is 19.5. The van der Waals surface area contributed by atoms with E-state index in [1.807, 2.05) is 19.2 Å². The summed E-state index contributed by atoms with van der Waals surface area (Å²) in [6, 6.07) is 12.9. The molecule has 2 aromatic rings. The molecule has 1 fully saturated rings. The zero-order valence-electron chi connectivity index (χ0n) is 16.4. The highest BCUT2D eigenvalue weighted by Crippen LogP contribution is 2.30. The number of carbonyl (C=O) groups is 1. The highest BCUT2D eigenvalue weighted by atomic mass is 16.5. The van der Waals surface area contributed by atoms with Gasteiger partial charge < -0.3 is 15.0 Å². The van der Waals surface area contributed by atoms with Gasteiger partial charge in [0.05, 0.1) is 30.0 Å². The molecule has 0 radical (unpaired) electrons. The van der Waals surface area contributed by atoms with Crippen molar-refractivity contribution in [1.82, 2.24) is 10.3 Å². The van der Waals surface area contributed by atoms with E-state index in [2.05, 4.69) is 45.8 Å². The second-order valence-electron chi connectivity index (χ2n) is 7.42. The van der Waals surface area contributed by atoms with Crippen molar-refractivity contribution in [3.8, 4) is 5.88 Å². The van der Waals surface area contributed by atoms with E-state index in [0.29, 0.717) is 37.2 Å². The molecule has 1 saturated heterocycles. The molecule has 0 spiro atoms. The molecular weight excluding hydrogens is 352 g/mol. The summed E-state index contributed by atoms with van der Waals surface area (Å²) in [5, 5.41) is 3.59. The van der Waals surface area contributed by atoms with Crippen LogP contribution in [-0.2, 0) is 17.8 Å². The van der Waals surface area contributed by atoms with Gasteiger partial charge in [-0.15, -0.1) is 0 Å². The quantitative estimate of drug-likeness (QED) is 0.761. The lowest BCUT2D eigenvalue weighted by Crippen LogP contribution is -2.68. The number of amides is 1. The molecule has 1 amide bonds. The molecule has 1 unspecified atom stereocenters. The van der Waals surface area contributed by atoms with Crippen LogP contribution in [0, 0.1) is 5.92 Å². The van der Waals surface area contributed by atoms with Crippen LogP contribution in [0.2, 0.25) is 0 Å². The van der Waals surface area contributed by atoms with E-state index >= 15 is 0 Å². The standard InChI is InChI=1S/C22H26N4O2/c1-26-19-12-17(22(28-2)25-18(19)8-9-20(26)27)14-23-13-16-10-11-24-21(16)15-6-4-3-5-7-15/h3-7,12-13,16,21,24H,8-11,14H2,1-2H3/p+1/t16?,21-/m0/s1. The number of methoxy groups -OCH3 is 1. The van der Waals surface area contributed by atoms with Gasteiger partial charge in [-0.25, -0.2) is 9.98 Å². The number of aromatic nitrogens is 1. The van der Waals surface area contributed by atoms with Gasteiger partial charge in [0, 0.05) is 25.9 Å². The highest BCUT2D eigenvalue weighted by molar-refractivity contribution is 5.95. The molecule has 6 nitrogen and oxygen atoms in total. The van der Waals surface area contributed by atoms with E-state index in [-0.39, 0.29) is 5.91 Å². The molecule has 28 heavy (non-hydrogen) atoms. The van der Waals surface area contributed by atoms with Gasteiger partial charge in [0.15, 0.2) is 6.54 Å². The number of pyridine rings is 1. The van der Waals surface area contributed by atoms with Crippen LogP contribution >= 0.6 is 0 Å². The van der Waals surface area contributed by atoms with E-state index in [1.54, 1.807) is 12.0 Å². The number of anilines is 1. The Hall–Kier alpha value is -2.73. The number of hydrogen-bond donors (Lipinski definition) is 2. The third-order valence-corrected chi connectivity index (χ3v) is 5.68. The van der Waals surface area contributed by atoms with Crippen LogP contribution in [0.15, 0.2) is 36.4 Å². The predicted octanol–water partition coefficient (Wildman–Crippen LogP) is 1.00. The maximum atomic E-state index is 12.0. The number of aryl methyl sites for hydroxylation is 1. The minimum atomic E-state index is 0.132. The molecular formula is C22H27N4O2+. The van der Waals surface area contributed by atoms with Crippen molar-refractivity contribution >= 4 is 17.8 Å². The monoisotopic (exact) mass is 379 g/mol. The average molecular weight is 379 g/mol. The van der Waals surface area contributed by atoms with Gasteiger partial charge in [-0.1, -0.05) is 30.3 Å². The molecule has 1 aromatic heterocycles. The fourth-order valence-electron chi connectivity index (χ4n) is 4.12. The summed E-state index contributed by atoms with van der Waals surface area (Å²) in [4.78, 5) is 21.8. The van der Waals surface area contributed by atoms with E-state index in [9.17, 15) is 4.79 Å². The Morgan fingerprint density at radius 3 is 2.93 bits per heavy atom. The molecule has 1 aromatic carbocycles. The normalized spacial score (nSPS) is 21.9. The number of nitrogens with zero attached hydrogens (tertiary/aromatic N) is 2. The minimum absolute atomic E-state index is 0.132. The molecule has 0 bridgehead atoms. The topological polar surface area (TPSA) is 68.4 Å². The Kier molecular flexibility index (Phi) is 5.39. The molecule has 2 N–H and O–H groups in total. The number of rotatable bonds is 5. The van der Waals surface area contributed by atoms with Gasteiger partial charge in [-0.05, 0) is 24.6 Å². The number of fused-ring (bicyclic) bond motifs is 1. The fourth-order valence-corrected chi connectivity index (χ4v) is 4.12. The number of benzene rings is 1. The first kappa shape index (κ1) is 18.6. The van der Waals surface area contributed by atoms with Gasteiger partial charge in [0.2, 0.25) is 11.8 Å². The zero-order valence-corrected chi connectivity index (χ0v) is 16.4. The SMILES string of the molecule is COc1nc2c(cc1C[NH+]=CC1CCN[C@H]1c1ccccc1)N(C)C(=O)CC2. The maximum absolute atomic E-state index is 12.0. The van der Waals surface area contributed by atoms with Crippen LogP contribution in [0.4, 0.5) is 5.69 Å². The summed E-state index contributed by atoms with van der Waals surface area (Å²) in [7, 11) is 3.46. The molecule has 2 atom stereocenters. The molecule has 3 heterocycles. The Balaban J connectivity index is 1.52. The number of hydrogen-bond acceptors (Lipinski definition) is 4. The number of carbonyl (C=O) groups excluding carboxylic acids is 1. The third kappa shape index (κ3) is 3.64. The second kappa shape index (κ2) is 8.10. The maximum Gasteiger partial charge on any atom is 0.227 e. The Bertz CT molecular complexity index is 882. The summed E-state index contributed by atoms with van der Waals surface area (Å²) >= 11 is 0.